The average Bonchev–Trinajstić information content (AvgIpc) is 2.30. The van der Waals surface area contributed by atoms with Gasteiger partial charge in [0.25, 0.3) is 11.5 Å². The number of carbonyl (C=O) groups excluding carboxylic acids is 1. The third kappa shape index (κ3) is 2.11. The molecule has 2 heterocycles. The molecule has 2 N–H and O–H groups in total. The monoisotopic (exact) mass is 222 g/mol. The standard InChI is InChI=1S/C10H14N4O2/c1-7-6-11-4-5-14(7)10(16)8-2-3-9(15)13-12-8/h2-3,7,11H,4-6H2,1H3,(H,13,15)/t7-/m1/s1. The number of nitrogens with one attached hydrogen (secondary N) is 2. The minimum atomic E-state index is -0.301. The van der Waals surface area contributed by atoms with Gasteiger partial charge in [-0.2, -0.15) is 5.10 Å². The summed E-state index contributed by atoms with van der Waals surface area (Å²) in [6.07, 6.45) is 0. The number of rotatable bonds is 1. The van der Waals surface area contributed by atoms with Gasteiger partial charge in [0.2, 0.25) is 0 Å². The van der Waals surface area contributed by atoms with Crippen molar-refractivity contribution in [3.05, 3.63) is 28.2 Å². The number of H-pyrrole nitrogens is 1. The Hall–Kier alpha value is -1.69. The van der Waals surface area contributed by atoms with Crippen molar-refractivity contribution in [3.63, 3.8) is 0 Å². The molecule has 1 aromatic rings. The highest BCUT2D eigenvalue weighted by Gasteiger charge is 2.24. The van der Waals surface area contributed by atoms with Crippen molar-refractivity contribution in [2.24, 2.45) is 0 Å². The van der Waals surface area contributed by atoms with Crippen LogP contribution in [0.15, 0.2) is 16.9 Å². The number of amides is 1. The van der Waals surface area contributed by atoms with Gasteiger partial charge in [0, 0.05) is 31.7 Å². The number of aromatic nitrogens is 2. The number of aromatic amines is 1. The molecule has 0 saturated carbocycles. The van der Waals surface area contributed by atoms with Crippen LogP contribution in [0.5, 0.6) is 0 Å². The minimum absolute atomic E-state index is 0.134. The highest BCUT2D eigenvalue weighted by Crippen LogP contribution is 2.06. The van der Waals surface area contributed by atoms with Gasteiger partial charge in [0.15, 0.2) is 0 Å². The Morgan fingerprint density at radius 1 is 1.56 bits per heavy atom. The molecule has 1 amide bonds. The number of piperazine rings is 1. The molecule has 1 saturated heterocycles. The smallest absolute Gasteiger partial charge is 0.274 e. The molecule has 0 aliphatic carbocycles. The fourth-order valence-corrected chi connectivity index (χ4v) is 1.75. The Morgan fingerprint density at radius 3 is 3.00 bits per heavy atom. The van der Waals surface area contributed by atoms with Crippen molar-refractivity contribution in [2.75, 3.05) is 19.6 Å². The zero-order valence-corrected chi connectivity index (χ0v) is 9.06. The molecule has 0 aromatic carbocycles. The van der Waals surface area contributed by atoms with Crippen LogP contribution in [0, 0.1) is 0 Å². The van der Waals surface area contributed by atoms with E-state index in [4.69, 9.17) is 0 Å². The van der Waals surface area contributed by atoms with Crippen molar-refractivity contribution in [1.29, 1.82) is 0 Å². The summed E-state index contributed by atoms with van der Waals surface area (Å²) < 4.78 is 0. The SMILES string of the molecule is C[C@@H]1CNCCN1C(=O)c1ccc(=O)[nH]n1. The van der Waals surface area contributed by atoms with E-state index in [1.807, 2.05) is 6.92 Å². The molecule has 1 fully saturated rings. The lowest BCUT2D eigenvalue weighted by atomic mass is 10.2. The maximum atomic E-state index is 12.0. The predicted molar refractivity (Wildman–Crippen MR) is 58.2 cm³/mol. The Labute approximate surface area is 92.7 Å². The van der Waals surface area contributed by atoms with Crippen LogP contribution in [-0.2, 0) is 0 Å². The van der Waals surface area contributed by atoms with Gasteiger partial charge in [-0.1, -0.05) is 0 Å². The lowest BCUT2D eigenvalue weighted by Crippen LogP contribution is -2.52. The van der Waals surface area contributed by atoms with E-state index in [-0.39, 0.29) is 23.2 Å². The molecule has 1 atom stereocenters. The number of carbonyl (C=O) groups is 1. The second-order valence-corrected chi connectivity index (χ2v) is 3.86. The molecule has 2 rings (SSSR count). The highest BCUT2D eigenvalue weighted by atomic mass is 16.2. The molecule has 6 heteroatoms. The van der Waals surface area contributed by atoms with Gasteiger partial charge in [0.1, 0.15) is 5.69 Å². The van der Waals surface area contributed by atoms with E-state index >= 15 is 0 Å². The van der Waals surface area contributed by atoms with Gasteiger partial charge in [0.05, 0.1) is 0 Å². The number of nitrogens with zero attached hydrogens (tertiary/aromatic N) is 2. The lowest BCUT2D eigenvalue weighted by Gasteiger charge is -2.33. The number of hydrogen-bond acceptors (Lipinski definition) is 4. The molecule has 0 unspecified atom stereocenters. The van der Waals surface area contributed by atoms with E-state index in [9.17, 15) is 9.59 Å². The minimum Gasteiger partial charge on any atom is -0.332 e. The molecular formula is C10H14N4O2. The summed E-state index contributed by atoms with van der Waals surface area (Å²) >= 11 is 0. The van der Waals surface area contributed by atoms with Crippen LogP contribution >= 0.6 is 0 Å². The summed E-state index contributed by atoms with van der Waals surface area (Å²) in [5.74, 6) is -0.134. The number of hydrogen-bond donors (Lipinski definition) is 2. The summed E-state index contributed by atoms with van der Waals surface area (Å²) in [4.78, 5) is 24.6. The van der Waals surface area contributed by atoms with Crippen molar-refractivity contribution >= 4 is 5.91 Å². The molecular weight excluding hydrogens is 208 g/mol. The molecule has 1 aliphatic heterocycles. The van der Waals surface area contributed by atoms with Crippen LogP contribution in [0.2, 0.25) is 0 Å². The Morgan fingerprint density at radius 2 is 2.38 bits per heavy atom. The summed E-state index contributed by atoms with van der Waals surface area (Å²) in [5, 5.41) is 9.21. The molecule has 1 aliphatic rings. The molecule has 0 radical (unpaired) electrons. The Balaban J connectivity index is 2.17. The van der Waals surface area contributed by atoms with Crippen molar-refractivity contribution in [3.8, 4) is 0 Å². The van der Waals surface area contributed by atoms with E-state index in [1.165, 1.54) is 12.1 Å². The normalized spacial score (nSPS) is 20.8. The third-order valence-corrected chi connectivity index (χ3v) is 2.66. The second-order valence-electron chi connectivity index (χ2n) is 3.86. The Kier molecular flexibility index (Phi) is 3.00. The van der Waals surface area contributed by atoms with Crippen LogP contribution < -0.4 is 10.9 Å². The van der Waals surface area contributed by atoms with E-state index < -0.39 is 0 Å². The largest absolute Gasteiger partial charge is 0.332 e. The van der Waals surface area contributed by atoms with E-state index in [1.54, 1.807) is 4.90 Å². The first-order valence-electron chi connectivity index (χ1n) is 5.26. The van der Waals surface area contributed by atoms with Crippen LogP contribution in [0.3, 0.4) is 0 Å². The first kappa shape index (κ1) is 10.8. The van der Waals surface area contributed by atoms with Crippen LogP contribution in [0.25, 0.3) is 0 Å². The fraction of sp³-hybridized carbons (Fsp3) is 0.500. The predicted octanol–water partition coefficient (Wildman–Crippen LogP) is -0.796. The van der Waals surface area contributed by atoms with Gasteiger partial charge in [-0.05, 0) is 13.0 Å². The molecule has 0 bridgehead atoms. The van der Waals surface area contributed by atoms with Crippen LogP contribution in [0.1, 0.15) is 17.4 Å². The molecule has 86 valence electrons. The van der Waals surface area contributed by atoms with Gasteiger partial charge >= 0.3 is 0 Å². The zero-order chi connectivity index (χ0) is 11.5. The summed E-state index contributed by atoms with van der Waals surface area (Å²) in [6, 6.07) is 2.92. The van der Waals surface area contributed by atoms with Crippen LogP contribution in [0.4, 0.5) is 0 Å². The van der Waals surface area contributed by atoms with Crippen molar-refractivity contribution < 1.29 is 4.79 Å². The first-order chi connectivity index (χ1) is 7.68. The Bertz CT molecular complexity index is 422. The summed E-state index contributed by atoms with van der Waals surface area (Å²) in [7, 11) is 0. The molecule has 6 nitrogen and oxygen atoms in total. The second kappa shape index (κ2) is 4.44. The van der Waals surface area contributed by atoms with Gasteiger partial charge in [-0.25, -0.2) is 5.10 Å². The first-order valence-corrected chi connectivity index (χ1v) is 5.26. The van der Waals surface area contributed by atoms with E-state index in [0.717, 1.165) is 13.1 Å². The zero-order valence-electron chi connectivity index (χ0n) is 9.06. The van der Waals surface area contributed by atoms with Crippen molar-refractivity contribution in [2.45, 2.75) is 13.0 Å². The summed E-state index contributed by atoms with van der Waals surface area (Å²) in [5.41, 5.74) is -0.0155. The summed E-state index contributed by atoms with van der Waals surface area (Å²) in [6.45, 7) is 4.23. The maximum absolute atomic E-state index is 12.0. The quantitative estimate of drug-likeness (QED) is 0.652. The van der Waals surface area contributed by atoms with Crippen LogP contribution in [-0.4, -0.2) is 46.7 Å². The van der Waals surface area contributed by atoms with Gasteiger partial charge in [-0.3, -0.25) is 9.59 Å². The van der Waals surface area contributed by atoms with E-state index in [0.29, 0.717) is 6.54 Å². The van der Waals surface area contributed by atoms with Crippen molar-refractivity contribution in [1.82, 2.24) is 20.4 Å². The molecule has 1 aromatic heterocycles. The van der Waals surface area contributed by atoms with E-state index in [2.05, 4.69) is 15.5 Å². The highest BCUT2D eigenvalue weighted by molar-refractivity contribution is 5.92. The molecule has 0 spiro atoms. The van der Waals surface area contributed by atoms with Gasteiger partial charge in [-0.15, -0.1) is 0 Å². The maximum Gasteiger partial charge on any atom is 0.274 e. The van der Waals surface area contributed by atoms with Gasteiger partial charge < -0.3 is 10.2 Å². The fourth-order valence-electron chi connectivity index (χ4n) is 1.75. The average molecular weight is 222 g/mol. The molecule has 16 heavy (non-hydrogen) atoms. The topological polar surface area (TPSA) is 78.1 Å². The lowest BCUT2D eigenvalue weighted by molar-refractivity contribution is 0.0648. The third-order valence-electron chi connectivity index (χ3n) is 2.66.